The largest absolute Gasteiger partial charge is 0.0836 e. The monoisotopic (exact) mass is 894 g/mol. The summed E-state index contributed by atoms with van der Waals surface area (Å²) >= 11 is 0. The average Bonchev–Trinajstić information content (AvgIpc) is 4.17. The molecule has 0 heterocycles. The molecule has 0 aromatic heterocycles. The molecule has 5 aliphatic carbocycles. The number of allylic oxidation sites excluding steroid dienone is 1. The van der Waals surface area contributed by atoms with Gasteiger partial charge in [-0.15, -0.1) is 0 Å². The van der Waals surface area contributed by atoms with Crippen LogP contribution in [0.4, 0.5) is 0 Å². The number of fused-ring (bicyclic) bond motifs is 19. The lowest BCUT2D eigenvalue weighted by atomic mass is 9.70. The smallest absolute Gasteiger partial charge is 0.0725 e. The molecule has 0 nitrogen and oxygen atoms in total. The van der Waals surface area contributed by atoms with E-state index in [0.717, 1.165) is 12.8 Å². The lowest BCUT2D eigenvalue weighted by Crippen LogP contribution is -2.25. The number of hydrogen-bond donors (Lipinski definition) is 0. The zero-order chi connectivity index (χ0) is 46.1. The molecule has 0 unspecified atom stereocenters. The molecular weight excluding hydrogens is 853 g/mol. The Kier molecular flexibility index (Phi) is 7.34. The Balaban J connectivity index is 0.878. The highest BCUT2D eigenvalue weighted by Crippen LogP contribution is 2.66. The third-order valence-corrected chi connectivity index (χ3v) is 17.2. The standard InChI is InChI=1S/C71H42/c1-3-17-41(18-4-1)64-50-23-7-8-24-51(50)65(42-19-5-2-6-20-42)70-56-36-35-46(49-26-15-29-55(66(49)56)69(64)70)44-34-33-43-38-57-52-27-16-28-54-67(52)59(58(57)39-45(43)37-44)40-63-68(54)53-25-11-14-32-62(53)71(63)60-30-12-9-21-47(60)48-22-10-13-31-61(48)71/h1-7,9-23,25-40H,8,24H2. The molecule has 0 radical (unpaired) electrons. The Morgan fingerprint density at radius 3 is 1.62 bits per heavy atom. The van der Waals surface area contributed by atoms with Crippen molar-refractivity contribution >= 4 is 38.4 Å². The van der Waals surface area contributed by atoms with E-state index < -0.39 is 5.41 Å². The number of benzene rings is 12. The molecular formula is C71H42. The van der Waals surface area contributed by atoms with E-state index >= 15 is 0 Å². The molecule has 0 saturated heterocycles. The van der Waals surface area contributed by atoms with Gasteiger partial charge in [0.25, 0.3) is 0 Å². The van der Waals surface area contributed by atoms with Crippen LogP contribution in [0.15, 0.2) is 224 Å². The molecule has 0 bridgehead atoms. The van der Waals surface area contributed by atoms with Crippen molar-refractivity contribution < 1.29 is 0 Å². The van der Waals surface area contributed by atoms with Crippen molar-refractivity contribution in [3.05, 3.63) is 258 Å². The SMILES string of the molecule is C1=Cc2c(c(-c3ccccc3)c3c(c2-c2ccccc2)-c2cccc4c(-c5ccc6cc7c(cc6c5)-c5cc6c(c8cccc-7c58)-c5ccccc5C65c6ccccc6-c6ccccc65)ccc-3c24)CC1. The van der Waals surface area contributed by atoms with Crippen LogP contribution in [0.3, 0.4) is 0 Å². The fourth-order valence-electron chi connectivity index (χ4n) is 14.5. The normalized spacial score (nSPS) is 14.1. The van der Waals surface area contributed by atoms with Crippen LogP contribution in [-0.4, -0.2) is 0 Å². The van der Waals surface area contributed by atoms with Crippen LogP contribution in [0, 0.1) is 0 Å². The Labute approximate surface area is 412 Å². The van der Waals surface area contributed by atoms with Crippen molar-refractivity contribution in [3.8, 4) is 100 Å². The molecule has 326 valence electrons. The molecule has 0 fully saturated rings. The minimum absolute atomic E-state index is 0.401. The molecule has 12 aromatic carbocycles. The summed E-state index contributed by atoms with van der Waals surface area (Å²) in [6.07, 6.45) is 6.86. The predicted octanol–water partition coefficient (Wildman–Crippen LogP) is 18.7. The molecule has 0 atom stereocenters. The second-order valence-electron chi connectivity index (χ2n) is 20.4. The van der Waals surface area contributed by atoms with Gasteiger partial charge in [-0.3, -0.25) is 0 Å². The lowest BCUT2D eigenvalue weighted by Gasteiger charge is -2.30. The van der Waals surface area contributed by atoms with Crippen molar-refractivity contribution in [2.24, 2.45) is 0 Å². The van der Waals surface area contributed by atoms with Gasteiger partial charge in [0, 0.05) is 0 Å². The van der Waals surface area contributed by atoms with Crippen LogP contribution in [0.1, 0.15) is 39.8 Å². The Hall–Kier alpha value is -8.84. The molecule has 0 aliphatic heterocycles. The van der Waals surface area contributed by atoms with Gasteiger partial charge in [-0.2, -0.15) is 0 Å². The van der Waals surface area contributed by atoms with E-state index in [1.807, 2.05) is 0 Å². The van der Waals surface area contributed by atoms with Gasteiger partial charge in [0.15, 0.2) is 0 Å². The third kappa shape index (κ3) is 4.71. The zero-order valence-electron chi connectivity index (χ0n) is 38.9. The minimum Gasteiger partial charge on any atom is -0.0836 e. The maximum absolute atomic E-state index is 2.60. The summed E-state index contributed by atoms with van der Waals surface area (Å²) in [6.45, 7) is 0. The molecule has 5 aliphatic rings. The van der Waals surface area contributed by atoms with Gasteiger partial charge in [-0.1, -0.05) is 206 Å². The lowest BCUT2D eigenvalue weighted by molar-refractivity contribution is 0.795. The van der Waals surface area contributed by atoms with Gasteiger partial charge in [-0.05, 0) is 203 Å². The first-order valence-corrected chi connectivity index (χ1v) is 25.3. The molecule has 17 rings (SSSR count). The summed E-state index contributed by atoms with van der Waals surface area (Å²) < 4.78 is 0. The first kappa shape index (κ1) is 38.1. The van der Waals surface area contributed by atoms with Crippen molar-refractivity contribution in [3.63, 3.8) is 0 Å². The van der Waals surface area contributed by atoms with Crippen LogP contribution < -0.4 is 0 Å². The van der Waals surface area contributed by atoms with Crippen molar-refractivity contribution in [1.29, 1.82) is 0 Å². The van der Waals surface area contributed by atoms with Crippen molar-refractivity contribution in [1.82, 2.24) is 0 Å². The van der Waals surface area contributed by atoms with Gasteiger partial charge in [0.05, 0.1) is 5.41 Å². The van der Waals surface area contributed by atoms with Crippen LogP contribution >= 0.6 is 0 Å². The van der Waals surface area contributed by atoms with E-state index in [9.17, 15) is 0 Å². The maximum atomic E-state index is 2.60. The van der Waals surface area contributed by atoms with E-state index in [1.54, 1.807) is 0 Å². The highest BCUT2D eigenvalue weighted by Gasteiger charge is 2.52. The molecule has 0 amide bonds. The van der Waals surface area contributed by atoms with Gasteiger partial charge in [0.1, 0.15) is 0 Å². The van der Waals surface area contributed by atoms with Gasteiger partial charge < -0.3 is 0 Å². The second kappa shape index (κ2) is 13.7. The minimum atomic E-state index is -0.401. The Bertz CT molecular complexity index is 4380. The first-order chi connectivity index (χ1) is 35.3. The first-order valence-electron chi connectivity index (χ1n) is 25.3. The molecule has 12 aromatic rings. The zero-order valence-corrected chi connectivity index (χ0v) is 38.9. The van der Waals surface area contributed by atoms with Crippen LogP contribution in [0.5, 0.6) is 0 Å². The maximum Gasteiger partial charge on any atom is 0.0725 e. The Morgan fingerprint density at radius 2 is 0.859 bits per heavy atom. The summed E-state index contributed by atoms with van der Waals surface area (Å²) in [6, 6.07) is 83.5. The quantitative estimate of drug-likeness (QED) is 0.166. The van der Waals surface area contributed by atoms with Gasteiger partial charge >= 0.3 is 0 Å². The van der Waals surface area contributed by atoms with Crippen LogP contribution in [0.25, 0.3) is 139 Å². The highest BCUT2D eigenvalue weighted by atomic mass is 14.5. The summed E-state index contributed by atoms with van der Waals surface area (Å²) in [5.41, 5.74) is 32.0. The van der Waals surface area contributed by atoms with Gasteiger partial charge in [0.2, 0.25) is 0 Å². The number of rotatable bonds is 3. The van der Waals surface area contributed by atoms with Crippen LogP contribution in [-0.2, 0) is 11.8 Å². The summed E-state index contributed by atoms with van der Waals surface area (Å²) in [4.78, 5) is 0. The van der Waals surface area contributed by atoms with E-state index in [2.05, 4.69) is 231 Å². The highest BCUT2D eigenvalue weighted by molar-refractivity contribution is 6.26. The third-order valence-electron chi connectivity index (χ3n) is 17.2. The second-order valence-corrected chi connectivity index (χ2v) is 20.4. The summed E-state index contributed by atoms with van der Waals surface area (Å²) in [7, 11) is 0. The fraction of sp³-hybridized carbons (Fsp3) is 0.0423. The molecule has 1 spiro atoms. The van der Waals surface area contributed by atoms with E-state index in [-0.39, 0.29) is 0 Å². The van der Waals surface area contributed by atoms with Crippen LogP contribution in [0.2, 0.25) is 0 Å². The summed E-state index contributed by atoms with van der Waals surface area (Å²) in [5, 5.41) is 7.91. The average molecular weight is 895 g/mol. The molecule has 0 N–H and O–H groups in total. The fourth-order valence-corrected chi connectivity index (χ4v) is 14.5. The van der Waals surface area contributed by atoms with Gasteiger partial charge in [-0.25, -0.2) is 0 Å². The van der Waals surface area contributed by atoms with Crippen molar-refractivity contribution in [2.75, 3.05) is 0 Å². The molecule has 0 heteroatoms. The van der Waals surface area contributed by atoms with E-state index in [1.165, 1.54) is 166 Å². The summed E-state index contributed by atoms with van der Waals surface area (Å²) in [5.74, 6) is 0. The Morgan fingerprint density at radius 1 is 0.296 bits per heavy atom. The van der Waals surface area contributed by atoms with Crippen molar-refractivity contribution in [2.45, 2.75) is 18.3 Å². The molecule has 71 heavy (non-hydrogen) atoms. The topological polar surface area (TPSA) is 0 Å². The predicted molar refractivity (Wildman–Crippen MR) is 298 cm³/mol. The number of hydrogen-bond acceptors (Lipinski definition) is 0. The molecule has 0 saturated carbocycles. The van der Waals surface area contributed by atoms with E-state index in [4.69, 9.17) is 0 Å². The van der Waals surface area contributed by atoms with E-state index in [0.29, 0.717) is 0 Å².